The largest absolute Gasteiger partial charge is 0.444 e. The highest BCUT2D eigenvalue weighted by molar-refractivity contribution is 5.88. The SMILES string of the molecule is O=C1N2[C@@H](CC[C@H]2c2ccccc2)OC12CCN(c1ccc(-c3ncco3)c3ccnn13)CC2. The molecule has 0 radical (unpaired) electrons. The molecule has 1 spiro atoms. The van der Waals surface area contributed by atoms with E-state index in [0.717, 1.165) is 42.8 Å². The van der Waals surface area contributed by atoms with Crippen molar-refractivity contribution in [3.63, 3.8) is 0 Å². The summed E-state index contributed by atoms with van der Waals surface area (Å²) in [4.78, 5) is 22.3. The third kappa shape index (κ3) is 2.84. The summed E-state index contributed by atoms with van der Waals surface area (Å²) in [5.74, 6) is 1.73. The number of carbonyl (C=O) groups excluding carboxylic acids is 1. The van der Waals surface area contributed by atoms with Crippen LogP contribution in [0.15, 0.2) is 71.6 Å². The number of hydrogen-bond donors (Lipinski definition) is 0. The van der Waals surface area contributed by atoms with Crippen LogP contribution in [0.25, 0.3) is 17.0 Å². The van der Waals surface area contributed by atoms with Gasteiger partial charge in [0.25, 0.3) is 5.91 Å². The Balaban J connectivity index is 1.13. The molecule has 3 aliphatic rings. The van der Waals surface area contributed by atoms with Crippen molar-refractivity contribution >= 4 is 17.2 Å². The van der Waals surface area contributed by atoms with Gasteiger partial charge in [-0.15, -0.1) is 0 Å². The Hall–Kier alpha value is -3.65. The smallest absolute Gasteiger partial charge is 0.257 e. The van der Waals surface area contributed by atoms with Crippen molar-refractivity contribution < 1.29 is 13.9 Å². The maximum Gasteiger partial charge on any atom is 0.257 e. The molecule has 8 heteroatoms. The molecule has 0 unspecified atom stereocenters. The van der Waals surface area contributed by atoms with Crippen molar-refractivity contribution in [3.05, 3.63) is 72.8 Å². The molecule has 3 fully saturated rings. The molecule has 2 atom stereocenters. The number of nitrogens with zero attached hydrogens (tertiary/aromatic N) is 5. The lowest BCUT2D eigenvalue weighted by Gasteiger charge is -2.38. The van der Waals surface area contributed by atoms with Crippen LogP contribution in [-0.2, 0) is 9.53 Å². The average molecular weight is 456 g/mol. The first kappa shape index (κ1) is 19.8. The van der Waals surface area contributed by atoms with Crippen molar-refractivity contribution in [1.29, 1.82) is 0 Å². The van der Waals surface area contributed by atoms with Gasteiger partial charge in [-0.05, 0) is 36.6 Å². The van der Waals surface area contributed by atoms with Gasteiger partial charge in [-0.25, -0.2) is 9.50 Å². The molecular formula is C26H25N5O3. The summed E-state index contributed by atoms with van der Waals surface area (Å²) >= 11 is 0. The summed E-state index contributed by atoms with van der Waals surface area (Å²) in [6, 6.07) is 16.5. The molecule has 0 aliphatic carbocycles. The predicted molar refractivity (Wildman–Crippen MR) is 125 cm³/mol. The standard InChI is InChI=1S/C26H25N5O3/c32-25-26(34-23-9-7-20(30(23)25)18-4-2-1-3-5-18)11-15-29(16-12-26)22-8-6-19(24-27-14-17-33-24)21-10-13-28-31(21)22/h1-6,8,10,13-14,17,20,23H,7,9,11-12,15-16H2/t20-,23+/m0/s1. The van der Waals surface area contributed by atoms with Gasteiger partial charge in [-0.3, -0.25) is 4.79 Å². The predicted octanol–water partition coefficient (Wildman–Crippen LogP) is 4.05. The highest BCUT2D eigenvalue weighted by Crippen LogP contribution is 2.48. The number of amides is 1. The molecule has 6 heterocycles. The number of pyridine rings is 1. The second kappa shape index (κ2) is 7.43. The zero-order valence-corrected chi connectivity index (χ0v) is 18.7. The Morgan fingerprint density at radius 3 is 2.62 bits per heavy atom. The minimum atomic E-state index is -0.712. The molecule has 0 N–H and O–H groups in total. The number of fused-ring (bicyclic) bond motifs is 2. The number of benzene rings is 1. The zero-order valence-electron chi connectivity index (χ0n) is 18.7. The fourth-order valence-corrected chi connectivity index (χ4v) is 5.92. The highest BCUT2D eigenvalue weighted by Gasteiger charge is 2.58. The maximum atomic E-state index is 13.7. The van der Waals surface area contributed by atoms with Crippen LogP contribution in [-0.4, -0.2) is 50.3 Å². The van der Waals surface area contributed by atoms with Gasteiger partial charge in [0.05, 0.1) is 29.5 Å². The molecule has 172 valence electrons. The van der Waals surface area contributed by atoms with E-state index in [9.17, 15) is 4.79 Å². The number of rotatable bonds is 3. The van der Waals surface area contributed by atoms with Crippen LogP contribution in [0, 0.1) is 0 Å². The van der Waals surface area contributed by atoms with E-state index in [0.29, 0.717) is 18.7 Å². The van der Waals surface area contributed by atoms with Crippen molar-refractivity contribution in [1.82, 2.24) is 19.5 Å². The number of carbonyl (C=O) groups is 1. The summed E-state index contributed by atoms with van der Waals surface area (Å²) in [6.45, 7) is 1.46. The summed E-state index contributed by atoms with van der Waals surface area (Å²) in [7, 11) is 0. The fourth-order valence-electron chi connectivity index (χ4n) is 5.92. The number of aromatic nitrogens is 3. The van der Waals surface area contributed by atoms with Crippen LogP contribution in [0.3, 0.4) is 0 Å². The van der Waals surface area contributed by atoms with E-state index in [1.54, 1.807) is 18.7 Å². The van der Waals surface area contributed by atoms with Crippen LogP contribution < -0.4 is 4.90 Å². The minimum absolute atomic E-state index is 0.109. The van der Waals surface area contributed by atoms with Crippen molar-refractivity contribution in [2.45, 2.75) is 43.6 Å². The van der Waals surface area contributed by atoms with Gasteiger partial charge in [0.15, 0.2) is 5.60 Å². The summed E-state index contributed by atoms with van der Waals surface area (Å²) in [5.41, 5.74) is 2.33. The van der Waals surface area contributed by atoms with Gasteiger partial charge in [0.2, 0.25) is 5.89 Å². The molecule has 1 amide bonds. The highest BCUT2D eigenvalue weighted by atomic mass is 16.6. The lowest BCUT2D eigenvalue weighted by atomic mass is 9.89. The van der Waals surface area contributed by atoms with Gasteiger partial charge in [0.1, 0.15) is 18.3 Å². The van der Waals surface area contributed by atoms with E-state index in [1.165, 1.54) is 5.56 Å². The molecule has 3 aliphatic heterocycles. The maximum absolute atomic E-state index is 13.7. The van der Waals surface area contributed by atoms with E-state index in [-0.39, 0.29) is 18.2 Å². The number of anilines is 1. The first-order valence-electron chi connectivity index (χ1n) is 11.9. The van der Waals surface area contributed by atoms with Crippen LogP contribution in [0.1, 0.15) is 37.3 Å². The summed E-state index contributed by atoms with van der Waals surface area (Å²) in [6.07, 6.45) is 8.10. The molecule has 7 rings (SSSR count). The monoisotopic (exact) mass is 455 g/mol. The quantitative estimate of drug-likeness (QED) is 0.464. The summed E-state index contributed by atoms with van der Waals surface area (Å²) < 4.78 is 13.9. The van der Waals surface area contributed by atoms with Gasteiger partial charge >= 0.3 is 0 Å². The molecule has 8 nitrogen and oxygen atoms in total. The fraction of sp³-hybridized carbons (Fsp3) is 0.346. The normalized spacial score (nSPS) is 23.8. The molecule has 3 aromatic heterocycles. The Labute approximate surface area is 196 Å². The molecule has 34 heavy (non-hydrogen) atoms. The van der Waals surface area contributed by atoms with E-state index < -0.39 is 5.60 Å². The van der Waals surface area contributed by atoms with Crippen molar-refractivity contribution in [2.24, 2.45) is 0 Å². The third-order valence-corrected chi connectivity index (χ3v) is 7.60. The van der Waals surface area contributed by atoms with E-state index in [2.05, 4.69) is 33.2 Å². The Kier molecular flexibility index (Phi) is 4.32. The number of piperidine rings is 1. The van der Waals surface area contributed by atoms with Crippen LogP contribution in [0.2, 0.25) is 0 Å². The first-order valence-corrected chi connectivity index (χ1v) is 11.9. The van der Waals surface area contributed by atoms with Crippen molar-refractivity contribution in [2.75, 3.05) is 18.0 Å². The molecule has 4 aromatic rings. The van der Waals surface area contributed by atoms with Crippen molar-refractivity contribution in [3.8, 4) is 11.5 Å². The van der Waals surface area contributed by atoms with E-state index in [1.807, 2.05) is 39.7 Å². The van der Waals surface area contributed by atoms with Gasteiger partial charge in [0, 0.05) is 25.9 Å². The second-order valence-corrected chi connectivity index (χ2v) is 9.34. The third-order valence-electron chi connectivity index (χ3n) is 7.60. The lowest BCUT2D eigenvalue weighted by molar-refractivity contribution is -0.140. The van der Waals surface area contributed by atoms with Gasteiger partial charge in [-0.2, -0.15) is 5.10 Å². The molecule has 1 aromatic carbocycles. The van der Waals surface area contributed by atoms with E-state index >= 15 is 0 Å². The lowest BCUT2D eigenvalue weighted by Crippen LogP contribution is -2.50. The Morgan fingerprint density at radius 2 is 1.82 bits per heavy atom. The van der Waals surface area contributed by atoms with Gasteiger partial charge in [-0.1, -0.05) is 30.3 Å². The Bertz CT molecular complexity index is 1340. The van der Waals surface area contributed by atoms with Crippen LogP contribution in [0.5, 0.6) is 0 Å². The second-order valence-electron chi connectivity index (χ2n) is 9.34. The topological polar surface area (TPSA) is 76.1 Å². The summed E-state index contributed by atoms with van der Waals surface area (Å²) in [5, 5.41) is 4.56. The van der Waals surface area contributed by atoms with Crippen LogP contribution >= 0.6 is 0 Å². The van der Waals surface area contributed by atoms with Gasteiger partial charge < -0.3 is 19.0 Å². The molecular weight excluding hydrogens is 430 g/mol. The number of ether oxygens (including phenoxy) is 1. The number of hydrogen-bond acceptors (Lipinski definition) is 6. The molecule has 3 saturated heterocycles. The molecule has 0 saturated carbocycles. The Morgan fingerprint density at radius 1 is 0.971 bits per heavy atom. The van der Waals surface area contributed by atoms with E-state index in [4.69, 9.17) is 9.15 Å². The average Bonchev–Trinajstić information content (AvgIpc) is 3.67. The zero-order chi connectivity index (χ0) is 22.7. The number of oxazole rings is 1. The van der Waals surface area contributed by atoms with Crippen LogP contribution in [0.4, 0.5) is 5.82 Å². The minimum Gasteiger partial charge on any atom is -0.444 e. The molecule has 0 bridgehead atoms. The first-order chi connectivity index (χ1) is 16.7.